The Balaban J connectivity index is 1.46. The summed E-state index contributed by atoms with van der Waals surface area (Å²) in [4.78, 5) is 12.2. The van der Waals surface area contributed by atoms with Crippen LogP contribution in [0.5, 0.6) is 0 Å². The van der Waals surface area contributed by atoms with Crippen LogP contribution in [0.4, 0.5) is 0 Å². The minimum Gasteiger partial charge on any atom is -0.354 e. The van der Waals surface area contributed by atoms with Gasteiger partial charge in [0.2, 0.25) is 5.91 Å². The maximum absolute atomic E-state index is 12.2. The van der Waals surface area contributed by atoms with E-state index in [9.17, 15) is 4.79 Å². The van der Waals surface area contributed by atoms with Crippen molar-refractivity contribution in [2.45, 2.75) is 58.9 Å². The van der Waals surface area contributed by atoms with E-state index in [0.29, 0.717) is 12.5 Å². The minimum absolute atomic E-state index is 0.211. The van der Waals surface area contributed by atoms with Gasteiger partial charge in [-0.2, -0.15) is 5.10 Å². The monoisotopic (exact) mass is 289 g/mol. The van der Waals surface area contributed by atoms with Crippen LogP contribution in [0.1, 0.15) is 56.5 Å². The number of carbonyl (C=O) groups is 1. The van der Waals surface area contributed by atoms with Crippen molar-refractivity contribution in [3.05, 3.63) is 17.5 Å². The highest BCUT2D eigenvalue weighted by Gasteiger charge is 2.40. The Hall–Kier alpha value is -1.32. The van der Waals surface area contributed by atoms with Gasteiger partial charge in [-0.1, -0.05) is 6.42 Å². The average molecular weight is 289 g/mol. The molecule has 4 atom stereocenters. The lowest BCUT2D eigenvalue weighted by Gasteiger charge is -2.21. The molecule has 4 heteroatoms. The summed E-state index contributed by atoms with van der Waals surface area (Å²) in [6.45, 7) is 6.84. The molecular weight excluding hydrogens is 262 g/mol. The van der Waals surface area contributed by atoms with Gasteiger partial charge in [-0.15, -0.1) is 0 Å². The second kappa shape index (κ2) is 5.82. The maximum Gasteiger partial charge on any atom is 0.220 e. The number of nitrogens with one attached hydrogen (secondary N) is 1. The standard InChI is InChI=1S/C17H27N3O/c1-11-6-12(2)20(19-11)13(3)10-18-17(21)9-16-8-14-4-5-15(16)7-14/h6,13-16H,4-5,7-10H2,1-3H3,(H,18,21)/t13-,14-,15-,16-/m0/s1. The Morgan fingerprint density at radius 1 is 1.43 bits per heavy atom. The number of aryl methyl sites for hydroxylation is 2. The second-order valence-electron chi connectivity index (χ2n) is 7.16. The second-order valence-corrected chi connectivity index (χ2v) is 7.16. The molecular formula is C17H27N3O. The van der Waals surface area contributed by atoms with Gasteiger partial charge in [0, 0.05) is 18.7 Å². The third-order valence-electron chi connectivity index (χ3n) is 5.39. The molecule has 2 aliphatic rings. The van der Waals surface area contributed by atoms with Crippen molar-refractivity contribution in [2.24, 2.45) is 17.8 Å². The van der Waals surface area contributed by atoms with Crippen LogP contribution in [0.3, 0.4) is 0 Å². The summed E-state index contributed by atoms with van der Waals surface area (Å²) >= 11 is 0. The normalized spacial score (nSPS) is 28.8. The predicted octanol–water partition coefficient (Wildman–Crippen LogP) is 3.00. The van der Waals surface area contributed by atoms with E-state index < -0.39 is 0 Å². The first kappa shape index (κ1) is 14.6. The van der Waals surface area contributed by atoms with Crippen molar-refractivity contribution in [1.29, 1.82) is 0 Å². The molecule has 1 aromatic rings. The SMILES string of the molecule is Cc1cc(C)n([C@@H](C)CNC(=O)C[C@@H]2C[C@H]3CC[C@H]2C3)n1. The van der Waals surface area contributed by atoms with Gasteiger partial charge >= 0.3 is 0 Å². The molecule has 0 radical (unpaired) electrons. The summed E-state index contributed by atoms with van der Waals surface area (Å²) in [6.07, 6.45) is 6.14. The molecule has 0 saturated heterocycles. The Kier molecular flexibility index (Phi) is 4.05. The van der Waals surface area contributed by atoms with Crippen molar-refractivity contribution in [3.8, 4) is 0 Å². The molecule has 1 N–H and O–H groups in total. The third-order valence-corrected chi connectivity index (χ3v) is 5.39. The molecule has 2 bridgehead atoms. The zero-order chi connectivity index (χ0) is 15.0. The van der Waals surface area contributed by atoms with E-state index in [1.807, 2.05) is 11.6 Å². The van der Waals surface area contributed by atoms with Crippen molar-refractivity contribution < 1.29 is 4.79 Å². The number of nitrogens with zero attached hydrogens (tertiary/aromatic N) is 2. The quantitative estimate of drug-likeness (QED) is 0.905. The van der Waals surface area contributed by atoms with E-state index in [4.69, 9.17) is 0 Å². The zero-order valence-electron chi connectivity index (χ0n) is 13.4. The number of amides is 1. The molecule has 116 valence electrons. The molecule has 0 spiro atoms. The van der Waals surface area contributed by atoms with Crippen LogP contribution in [0.2, 0.25) is 0 Å². The van der Waals surface area contributed by atoms with Gasteiger partial charge in [-0.05, 0) is 63.9 Å². The first-order valence-electron chi connectivity index (χ1n) is 8.32. The van der Waals surface area contributed by atoms with Crippen LogP contribution < -0.4 is 5.32 Å². The van der Waals surface area contributed by atoms with E-state index >= 15 is 0 Å². The summed E-state index contributed by atoms with van der Waals surface area (Å²) in [5, 5.41) is 7.59. The number of rotatable bonds is 5. The van der Waals surface area contributed by atoms with E-state index in [0.717, 1.165) is 29.6 Å². The minimum atomic E-state index is 0.211. The van der Waals surface area contributed by atoms with Crippen LogP contribution in [-0.2, 0) is 4.79 Å². The van der Waals surface area contributed by atoms with E-state index in [1.165, 1.54) is 25.7 Å². The predicted molar refractivity (Wildman–Crippen MR) is 83.0 cm³/mol. The largest absolute Gasteiger partial charge is 0.354 e. The molecule has 1 amide bonds. The molecule has 3 rings (SSSR count). The molecule has 4 nitrogen and oxygen atoms in total. The van der Waals surface area contributed by atoms with Gasteiger partial charge in [-0.3, -0.25) is 9.48 Å². The average Bonchev–Trinajstić information content (AvgIpc) is 3.11. The number of aromatic nitrogens is 2. The van der Waals surface area contributed by atoms with Crippen LogP contribution in [0, 0.1) is 31.6 Å². The lowest BCUT2D eigenvalue weighted by Crippen LogP contribution is -2.32. The molecule has 0 unspecified atom stereocenters. The van der Waals surface area contributed by atoms with Gasteiger partial charge in [0.05, 0.1) is 11.7 Å². The van der Waals surface area contributed by atoms with E-state index in [-0.39, 0.29) is 11.9 Å². The van der Waals surface area contributed by atoms with E-state index in [1.54, 1.807) is 0 Å². The summed E-state index contributed by atoms with van der Waals surface area (Å²) in [5.74, 6) is 2.62. The van der Waals surface area contributed by atoms with Crippen molar-refractivity contribution in [2.75, 3.05) is 6.54 Å². The number of fused-ring (bicyclic) bond motifs is 2. The zero-order valence-corrected chi connectivity index (χ0v) is 13.4. The summed E-state index contributed by atoms with van der Waals surface area (Å²) in [5.41, 5.74) is 2.19. The Morgan fingerprint density at radius 2 is 2.24 bits per heavy atom. The van der Waals surface area contributed by atoms with E-state index in [2.05, 4.69) is 30.3 Å². The van der Waals surface area contributed by atoms with Crippen molar-refractivity contribution >= 4 is 5.91 Å². The first-order chi connectivity index (χ1) is 10.0. The van der Waals surface area contributed by atoms with Crippen molar-refractivity contribution in [3.63, 3.8) is 0 Å². The van der Waals surface area contributed by atoms with Crippen LogP contribution in [0.15, 0.2) is 6.07 Å². The summed E-state index contributed by atoms with van der Waals surface area (Å²) < 4.78 is 2.01. The Morgan fingerprint density at radius 3 is 2.81 bits per heavy atom. The van der Waals surface area contributed by atoms with Gasteiger partial charge in [0.25, 0.3) is 0 Å². The number of hydrogen-bond acceptors (Lipinski definition) is 2. The summed E-state index contributed by atoms with van der Waals surface area (Å²) in [7, 11) is 0. The topological polar surface area (TPSA) is 46.9 Å². The highest BCUT2D eigenvalue weighted by atomic mass is 16.1. The summed E-state index contributed by atoms with van der Waals surface area (Å²) in [6, 6.07) is 2.29. The molecule has 21 heavy (non-hydrogen) atoms. The lowest BCUT2D eigenvalue weighted by atomic mass is 9.86. The van der Waals surface area contributed by atoms with Crippen LogP contribution in [-0.4, -0.2) is 22.2 Å². The lowest BCUT2D eigenvalue weighted by molar-refractivity contribution is -0.122. The van der Waals surface area contributed by atoms with Gasteiger partial charge in [0.15, 0.2) is 0 Å². The van der Waals surface area contributed by atoms with Gasteiger partial charge < -0.3 is 5.32 Å². The first-order valence-corrected chi connectivity index (χ1v) is 8.32. The molecule has 2 saturated carbocycles. The third kappa shape index (κ3) is 3.14. The fraction of sp³-hybridized carbons (Fsp3) is 0.765. The molecule has 1 heterocycles. The highest BCUT2D eigenvalue weighted by Crippen LogP contribution is 2.49. The van der Waals surface area contributed by atoms with Crippen molar-refractivity contribution in [1.82, 2.24) is 15.1 Å². The van der Waals surface area contributed by atoms with Crippen LogP contribution >= 0.6 is 0 Å². The highest BCUT2D eigenvalue weighted by molar-refractivity contribution is 5.76. The smallest absolute Gasteiger partial charge is 0.220 e. The Labute approximate surface area is 127 Å². The molecule has 2 fully saturated rings. The fourth-order valence-corrected chi connectivity index (χ4v) is 4.38. The molecule has 1 aromatic heterocycles. The molecule has 2 aliphatic carbocycles. The van der Waals surface area contributed by atoms with Gasteiger partial charge in [0.1, 0.15) is 0 Å². The Bertz CT molecular complexity index is 522. The van der Waals surface area contributed by atoms with Gasteiger partial charge in [-0.25, -0.2) is 0 Å². The fourth-order valence-electron chi connectivity index (χ4n) is 4.38. The molecule has 0 aromatic carbocycles. The number of hydrogen-bond donors (Lipinski definition) is 1. The number of carbonyl (C=O) groups excluding carboxylic acids is 1. The molecule has 0 aliphatic heterocycles. The van der Waals surface area contributed by atoms with Crippen LogP contribution in [0.25, 0.3) is 0 Å². The maximum atomic E-state index is 12.2.